The fourth-order valence-corrected chi connectivity index (χ4v) is 1.98. The summed E-state index contributed by atoms with van der Waals surface area (Å²) in [6.07, 6.45) is 3.91. The predicted molar refractivity (Wildman–Crippen MR) is 72.9 cm³/mol. The first-order valence-electron chi connectivity index (χ1n) is 4.77. The van der Waals surface area contributed by atoms with E-state index in [9.17, 15) is 4.79 Å². The van der Waals surface area contributed by atoms with Crippen molar-refractivity contribution in [1.82, 2.24) is 0 Å². The van der Waals surface area contributed by atoms with Gasteiger partial charge >= 0.3 is 0 Å². The van der Waals surface area contributed by atoms with E-state index in [1.165, 1.54) is 11.8 Å². The van der Waals surface area contributed by atoms with Crippen molar-refractivity contribution >= 4 is 38.9 Å². The zero-order valence-corrected chi connectivity index (χ0v) is 11.6. The number of hydrogen-bond acceptors (Lipinski definition) is 3. The highest BCUT2D eigenvalue weighted by atomic mass is 79.9. The summed E-state index contributed by atoms with van der Waals surface area (Å²) in [6, 6.07) is 5.82. The summed E-state index contributed by atoms with van der Waals surface area (Å²) in [5, 5.41) is 0.130. The molecule has 1 aromatic carbocycles. The molecule has 0 unspecified atom stereocenters. The highest BCUT2D eigenvalue weighted by Crippen LogP contribution is 2.24. The highest BCUT2D eigenvalue weighted by molar-refractivity contribution is 9.10. The standard InChI is InChI=1S/C12H13BrO2S/c1-9(14)16-7-3-4-10-8-11(13)5-6-12(10)15-2/h3-6,8H,7H2,1-2H3. The predicted octanol–water partition coefficient (Wildman–Crippen LogP) is 3.75. The van der Waals surface area contributed by atoms with Gasteiger partial charge in [0, 0.05) is 22.7 Å². The molecule has 2 nitrogen and oxygen atoms in total. The fraction of sp³-hybridized carbons (Fsp3) is 0.250. The first-order chi connectivity index (χ1) is 7.63. The van der Waals surface area contributed by atoms with Gasteiger partial charge in [0.2, 0.25) is 0 Å². The van der Waals surface area contributed by atoms with Crippen LogP contribution in [0.4, 0.5) is 0 Å². The average Bonchev–Trinajstić information content (AvgIpc) is 2.24. The summed E-state index contributed by atoms with van der Waals surface area (Å²) in [4.78, 5) is 10.7. The van der Waals surface area contributed by atoms with Crippen LogP contribution in [0.15, 0.2) is 28.7 Å². The molecule has 4 heteroatoms. The molecule has 86 valence electrons. The van der Waals surface area contributed by atoms with Gasteiger partial charge in [-0.1, -0.05) is 39.8 Å². The number of hydrogen-bond donors (Lipinski definition) is 0. The average molecular weight is 301 g/mol. The van der Waals surface area contributed by atoms with Crippen molar-refractivity contribution in [2.75, 3.05) is 12.9 Å². The van der Waals surface area contributed by atoms with Gasteiger partial charge in [-0.05, 0) is 18.2 Å². The Hall–Kier alpha value is -0.740. The van der Waals surface area contributed by atoms with Crippen molar-refractivity contribution in [2.24, 2.45) is 0 Å². The third kappa shape index (κ3) is 4.41. The number of carbonyl (C=O) groups excluding carboxylic acids is 1. The second-order valence-corrected chi connectivity index (χ2v) is 5.20. The van der Waals surface area contributed by atoms with E-state index in [0.29, 0.717) is 5.75 Å². The van der Waals surface area contributed by atoms with Crippen LogP contribution in [-0.4, -0.2) is 18.0 Å². The maximum Gasteiger partial charge on any atom is 0.186 e. The van der Waals surface area contributed by atoms with Crippen LogP contribution < -0.4 is 4.74 Å². The lowest BCUT2D eigenvalue weighted by molar-refractivity contribution is -0.109. The molecule has 0 atom stereocenters. The summed E-state index contributed by atoms with van der Waals surface area (Å²) >= 11 is 4.70. The number of carbonyl (C=O) groups is 1. The summed E-state index contributed by atoms with van der Waals surface area (Å²) < 4.78 is 6.24. The number of benzene rings is 1. The first kappa shape index (κ1) is 13.3. The Kier molecular flexibility index (Phi) is 5.63. The van der Waals surface area contributed by atoms with Crippen LogP contribution in [0.3, 0.4) is 0 Å². The molecule has 0 aliphatic rings. The minimum Gasteiger partial charge on any atom is -0.496 e. The molecule has 16 heavy (non-hydrogen) atoms. The van der Waals surface area contributed by atoms with Gasteiger partial charge in [-0.15, -0.1) is 0 Å². The maximum atomic E-state index is 10.7. The summed E-state index contributed by atoms with van der Waals surface area (Å²) in [5.41, 5.74) is 1.00. The van der Waals surface area contributed by atoms with Crippen LogP contribution in [0.5, 0.6) is 5.75 Å². The largest absolute Gasteiger partial charge is 0.496 e. The van der Waals surface area contributed by atoms with Crippen molar-refractivity contribution in [2.45, 2.75) is 6.92 Å². The van der Waals surface area contributed by atoms with Crippen LogP contribution >= 0.6 is 27.7 Å². The number of rotatable bonds is 4. The molecule has 1 aromatic rings. The Morgan fingerprint density at radius 2 is 2.31 bits per heavy atom. The number of ether oxygens (including phenoxy) is 1. The zero-order chi connectivity index (χ0) is 12.0. The molecule has 0 radical (unpaired) electrons. The summed E-state index contributed by atoms with van der Waals surface area (Å²) in [7, 11) is 1.64. The summed E-state index contributed by atoms with van der Waals surface area (Å²) in [6.45, 7) is 1.57. The number of thioether (sulfide) groups is 1. The Morgan fingerprint density at radius 1 is 1.56 bits per heavy atom. The van der Waals surface area contributed by atoms with E-state index in [0.717, 1.165) is 15.8 Å². The molecule has 0 fully saturated rings. The van der Waals surface area contributed by atoms with Crippen LogP contribution in [-0.2, 0) is 4.79 Å². The normalized spacial score (nSPS) is 10.7. The van der Waals surface area contributed by atoms with Gasteiger partial charge in [0.1, 0.15) is 5.75 Å². The third-order valence-corrected chi connectivity index (χ3v) is 3.13. The van der Waals surface area contributed by atoms with Gasteiger partial charge < -0.3 is 4.74 Å². The molecule has 0 bridgehead atoms. The van der Waals surface area contributed by atoms with Crippen molar-refractivity contribution in [3.8, 4) is 5.75 Å². The SMILES string of the molecule is COc1ccc(Br)cc1C=CCSC(C)=O. The zero-order valence-electron chi connectivity index (χ0n) is 9.20. The van der Waals surface area contributed by atoms with E-state index in [1.807, 2.05) is 30.4 Å². The van der Waals surface area contributed by atoms with Gasteiger partial charge in [0.25, 0.3) is 0 Å². The second kappa shape index (κ2) is 6.76. The quantitative estimate of drug-likeness (QED) is 0.847. The lowest BCUT2D eigenvalue weighted by atomic mass is 10.2. The molecular formula is C12H13BrO2S. The van der Waals surface area contributed by atoms with Gasteiger partial charge in [0.05, 0.1) is 7.11 Å². The maximum absolute atomic E-state index is 10.7. The molecule has 0 aliphatic heterocycles. The Bertz CT molecular complexity index is 402. The van der Waals surface area contributed by atoms with Crippen molar-refractivity contribution in [1.29, 1.82) is 0 Å². The number of halogens is 1. The topological polar surface area (TPSA) is 26.3 Å². The first-order valence-corrected chi connectivity index (χ1v) is 6.55. The van der Waals surface area contributed by atoms with Gasteiger partial charge in [0.15, 0.2) is 5.12 Å². The molecule has 0 heterocycles. The van der Waals surface area contributed by atoms with Crippen LogP contribution in [0.25, 0.3) is 6.08 Å². The van der Waals surface area contributed by atoms with E-state index in [1.54, 1.807) is 14.0 Å². The molecule has 1 rings (SSSR count). The summed E-state index contributed by atoms with van der Waals surface area (Å²) in [5.74, 6) is 1.51. The lowest BCUT2D eigenvalue weighted by Gasteiger charge is -2.04. The van der Waals surface area contributed by atoms with E-state index in [4.69, 9.17) is 4.74 Å². The second-order valence-electron chi connectivity index (χ2n) is 3.09. The Labute approximate surface area is 108 Å². The van der Waals surface area contributed by atoms with Crippen molar-refractivity contribution < 1.29 is 9.53 Å². The fourth-order valence-electron chi connectivity index (χ4n) is 1.18. The van der Waals surface area contributed by atoms with Crippen molar-refractivity contribution in [3.05, 3.63) is 34.3 Å². The minimum absolute atomic E-state index is 0.130. The molecule has 0 aromatic heterocycles. The van der Waals surface area contributed by atoms with Gasteiger partial charge in [-0.3, -0.25) is 4.79 Å². The van der Waals surface area contributed by atoms with E-state index in [2.05, 4.69) is 15.9 Å². The van der Waals surface area contributed by atoms with E-state index in [-0.39, 0.29) is 5.12 Å². The molecule has 0 aliphatic carbocycles. The molecule has 0 spiro atoms. The van der Waals surface area contributed by atoms with Gasteiger partial charge in [-0.2, -0.15) is 0 Å². The highest BCUT2D eigenvalue weighted by Gasteiger charge is 1.99. The van der Waals surface area contributed by atoms with E-state index < -0.39 is 0 Å². The van der Waals surface area contributed by atoms with Crippen LogP contribution in [0, 0.1) is 0 Å². The van der Waals surface area contributed by atoms with Gasteiger partial charge in [-0.25, -0.2) is 0 Å². The Balaban J connectivity index is 2.71. The molecule has 0 amide bonds. The Morgan fingerprint density at radius 3 is 2.94 bits per heavy atom. The number of methoxy groups -OCH3 is 1. The van der Waals surface area contributed by atoms with Crippen molar-refractivity contribution in [3.63, 3.8) is 0 Å². The molecule has 0 saturated heterocycles. The molecule has 0 N–H and O–H groups in total. The molecular weight excluding hydrogens is 288 g/mol. The van der Waals surface area contributed by atoms with Crippen LogP contribution in [0.2, 0.25) is 0 Å². The monoisotopic (exact) mass is 300 g/mol. The third-order valence-electron chi connectivity index (χ3n) is 1.87. The van der Waals surface area contributed by atoms with E-state index >= 15 is 0 Å². The molecule has 0 saturated carbocycles. The lowest BCUT2D eigenvalue weighted by Crippen LogP contribution is -1.87. The minimum atomic E-state index is 0.130. The smallest absolute Gasteiger partial charge is 0.186 e. The van der Waals surface area contributed by atoms with Crippen LogP contribution in [0.1, 0.15) is 12.5 Å².